The Hall–Kier alpha value is -3.71. The number of imide groups is 1. The number of halogens is 1. The number of ether oxygens (including phenoxy) is 1. The van der Waals surface area contributed by atoms with Crippen molar-refractivity contribution in [3.8, 4) is 11.5 Å². The number of nitrogens with zero attached hydrogens (tertiary/aromatic N) is 2. The number of rotatable bonds is 5. The van der Waals surface area contributed by atoms with E-state index in [1.54, 1.807) is 36.4 Å². The summed E-state index contributed by atoms with van der Waals surface area (Å²) < 4.78 is 5.64. The number of fused-ring (bicyclic) bond motifs is 1. The van der Waals surface area contributed by atoms with Gasteiger partial charge in [0.25, 0.3) is 17.5 Å². The molecule has 1 heterocycles. The largest absolute Gasteiger partial charge is 0.457 e. The number of nitro groups is 1. The molecule has 0 saturated heterocycles. The van der Waals surface area contributed by atoms with Crippen LogP contribution < -0.4 is 4.74 Å². The Morgan fingerprint density at radius 1 is 0.897 bits per heavy atom. The molecule has 144 valence electrons. The lowest BCUT2D eigenvalue weighted by molar-refractivity contribution is -0.384. The summed E-state index contributed by atoms with van der Waals surface area (Å²) >= 11 is 5.87. The smallest absolute Gasteiger partial charge is 0.273 e. The van der Waals surface area contributed by atoms with Crippen molar-refractivity contribution < 1.29 is 19.2 Å². The molecule has 3 aromatic rings. The summed E-state index contributed by atoms with van der Waals surface area (Å²) in [5.41, 5.74) is 1.18. The molecule has 0 aliphatic carbocycles. The highest BCUT2D eigenvalue weighted by Crippen LogP contribution is 2.31. The molecule has 0 radical (unpaired) electrons. The van der Waals surface area contributed by atoms with Gasteiger partial charge in [-0.25, -0.2) is 0 Å². The van der Waals surface area contributed by atoms with Gasteiger partial charge in [-0.15, -0.1) is 0 Å². The van der Waals surface area contributed by atoms with E-state index in [2.05, 4.69) is 0 Å². The van der Waals surface area contributed by atoms with E-state index in [1.807, 2.05) is 0 Å². The molecule has 29 heavy (non-hydrogen) atoms. The maximum atomic E-state index is 12.8. The summed E-state index contributed by atoms with van der Waals surface area (Å²) in [6.45, 7) is 0.130. The minimum absolute atomic E-state index is 0.107. The summed E-state index contributed by atoms with van der Waals surface area (Å²) in [7, 11) is 0. The van der Waals surface area contributed by atoms with Gasteiger partial charge < -0.3 is 4.74 Å². The maximum absolute atomic E-state index is 12.8. The van der Waals surface area contributed by atoms with E-state index in [9.17, 15) is 19.7 Å². The topological polar surface area (TPSA) is 89.7 Å². The molecule has 4 rings (SSSR count). The Labute approximate surface area is 170 Å². The van der Waals surface area contributed by atoms with Crippen LogP contribution in [0, 0.1) is 10.1 Å². The molecule has 0 atom stereocenters. The summed E-state index contributed by atoms with van der Waals surface area (Å²) in [5.74, 6) is -0.251. The van der Waals surface area contributed by atoms with Crippen molar-refractivity contribution in [2.45, 2.75) is 6.54 Å². The molecule has 0 aromatic heterocycles. The third-order valence-electron chi connectivity index (χ3n) is 4.46. The Kier molecular flexibility index (Phi) is 4.74. The van der Waals surface area contributed by atoms with Gasteiger partial charge in [0, 0.05) is 11.1 Å². The summed E-state index contributed by atoms with van der Waals surface area (Å²) in [5, 5.41) is 11.5. The predicted octanol–water partition coefficient (Wildman–Crippen LogP) is 4.84. The second-order valence-electron chi connectivity index (χ2n) is 6.39. The zero-order valence-corrected chi connectivity index (χ0v) is 15.6. The minimum Gasteiger partial charge on any atom is -0.457 e. The molecule has 7 nitrogen and oxygen atoms in total. The third-order valence-corrected chi connectivity index (χ3v) is 4.71. The van der Waals surface area contributed by atoms with Crippen LogP contribution in [0.4, 0.5) is 5.69 Å². The minimum atomic E-state index is -0.521. The van der Waals surface area contributed by atoms with E-state index in [4.69, 9.17) is 16.3 Å². The first-order valence-electron chi connectivity index (χ1n) is 8.59. The van der Waals surface area contributed by atoms with Crippen molar-refractivity contribution in [3.63, 3.8) is 0 Å². The molecule has 0 fully saturated rings. The van der Waals surface area contributed by atoms with Gasteiger partial charge in [0.2, 0.25) is 0 Å². The predicted molar refractivity (Wildman–Crippen MR) is 105 cm³/mol. The first-order valence-corrected chi connectivity index (χ1v) is 8.97. The molecule has 1 aliphatic rings. The van der Waals surface area contributed by atoms with Crippen LogP contribution >= 0.6 is 11.6 Å². The maximum Gasteiger partial charge on any atom is 0.273 e. The average molecular weight is 409 g/mol. The van der Waals surface area contributed by atoms with Crippen LogP contribution in [-0.2, 0) is 6.54 Å². The Bertz CT molecular complexity index is 1140. The number of non-ortho nitro benzene ring substituents is 1. The average Bonchev–Trinajstić information content (AvgIpc) is 2.94. The van der Waals surface area contributed by atoms with E-state index in [0.29, 0.717) is 10.8 Å². The first-order chi connectivity index (χ1) is 13.9. The van der Waals surface area contributed by atoms with Crippen LogP contribution in [0.1, 0.15) is 26.3 Å². The van der Waals surface area contributed by atoms with Crippen molar-refractivity contribution in [2.24, 2.45) is 0 Å². The number of hydrogen-bond donors (Lipinski definition) is 0. The van der Waals surface area contributed by atoms with Gasteiger partial charge in [-0.05, 0) is 42.0 Å². The highest BCUT2D eigenvalue weighted by atomic mass is 35.5. The van der Waals surface area contributed by atoms with Crippen molar-refractivity contribution in [3.05, 3.63) is 98.6 Å². The number of nitro benzene ring substituents is 1. The number of carbonyl (C=O) groups excluding carboxylic acids is 2. The van der Waals surface area contributed by atoms with E-state index in [-0.39, 0.29) is 35.0 Å². The molecule has 0 saturated carbocycles. The Balaban J connectivity index is 1.57. The Morgan fingerprint density at radius 2 is 1.59 bits per heavy atom. The monoisotopic (exact) mass is 408 g/mol. The molecule has 0 spiro atoms. The summed E-state index contributed by atoms with van der Waals surface area (Å²) in [6.07, 6.45) is 0. The van der Waals surface area contributed by atoms with Crippen LogP contribution in [0.15, 0.2) is 66.7 Å². The lowest BCUT2D eigenvalue weighted by Crippen LogP contribution is -2.29. The van der Waals surface area contributed by atoms with Gasteiger partial charge in [-0.1, -0.05) is 29.8 Å². The molecule has 0 N–H and O–H groups in total. The normalized spacial score (nSPS) is 12.8. The van der Waals surface area contributed by atoms with Crippen LogP contribution in [0.5, 0.6) is 11.5 Å². The van der Waals surface area contributed by atoms with Crippen LogP contribution in [0.3, 0.4) is 0 Å². The van der Waals surface area contributed by atoms with Crippen LogP contribution in [0.2, 0.25) is 5.02 Å². The number of hydrogen-bond acceptors (Lipinski definition) is 5. The van der Waals surface area contributed by atoms with E-state index in [1.165, 1.54) is 30.3 Å². The van der Waals surface area contributed by atoms with E-state index < -0.39 is 10.8 Å². The quantitative estimate of drug-likeness (QED) is 0.342. The lowest BCUT2D eigenvalue weighted by Gasteiger charge is -2.13. The molecule has 0 unspecified atom stereocenters. The Morgan fingerprint density at radius 3 is 2.31 bits per heavy atom. The molecule has 0 bridgehead atoms. The highest BCUT2D eigenvalue weighted by molar-refractivity contribution is 6.30. The fourth-order valence-electron chi connectivity index (χ4n) is 3.05. The van der Waals surface area contributed by atoms with Crippen LogP contribution in [0.25, 0.3) is 0 Å². The van der Waals surface area contributed by atoms with Gasteiger partial charge in [-0.3, -0.25) is 24.6 Å². The molecule has 1 aliphatic heterocycles. The van der Waals surface area contributed by atoms with Crippen molar-refractivity contribution in [2.75, 3.05) is 0 Å². The van der Waals surface area contributed by atoms with E-state index >= 15 is 0 Å². The lowest BCUT2D eigenvalue weighted by atomic mass is 10.1. The number of carbonyl (C=O) groups is 2. The third kappa shape index (κ3) is 3.68. The number of amides is 2. The molecule has 8 heteroatoms. The van der Waals surface area contributed by atoms with Crippen molar-refractivity contribution >= 4 is 29.1 Å². The second-order valence-corrected chi connectivity index (χ2v) is 6.82. The molecule has 2 amide bonds. The fraction of sp³-hybridized carbons (Fsp3) is 0.0476. The van der Waals surface area contributed by atoms with Crippen molar-refractivity contribution in [1.29, 1.82) is 0 Å². The second kappa shape index (κ2) is 7.37. The highest BCUT2D eigenvalue weighted by Gasteiger charge is 2.35. The summed E-state index contributed by atoms with van der Waals surface area (Å²) in [6, 6.07) is 17.1. The van der Waals surface area contributed by atoms with Crippen molar-refractivity contribution in [1.82, 2.24) is 4.90 Å². The summed E-state index contributed by atoms with van der Waals surface area (Å²) in [4.78, 5) is 36.9. The standard InChI is InChI=1S/C21H13ClN2O5/c22-14-6-4-13(5-7-14)12-23-20(25)18-9-8-17(11-19(18)21(23)26)29-16-3-1-2-15(10-16)24(27)28/h1-11H,12H2. The van der Waals surface area contributed by atoms with Gasteiger partial charge in [0.15, 0.2) is 0 Å². The van der Waals surface area contributed by atoms with Gasteiger partial charge in [0.1, 0.15) is 11.5 Å². The van der Waals surface area contributed by atoms with Gasteiger partial charge in [0.05, 0.1) is 28.7 Å². The van der Waals surface area contributed by atoms with E-state index in [0.717, 1.165) is 10.5 Å². The number of benzene rings is 3. The SMILES string of the molecule is O=C1c2ccc(Oc3cccc([N+](=O)[O-])c3)cc2C(=O)N1Cc1ccc(Cl)cc1. The first kappa shape index (κ1) is 18.6. The van der Waals surface area contributed by atoms with Gasteiger partial charge >= 0.3 is 0 Å². The fourth-order valence-corrected chi connectivity index (χ4v) is 3.17. The molecule has 3 aromatic carbocycles. The molecular weight excluding hydrogens is 396 g/mol. The zero-order chi connectivity index (χ0) is 20.5. The van der Waals surface area contributed by atoms with Gasteiger partial charge in [-0.2, -0.15) is 0 Å². The van der Waals surface area contributed by atoms with Crippen LogP contribution in [-0.4, -0.2) is 21.6 Å². The zero-order valence-electron chi connectivity index (χ0n) is 14.9. The molecular formula is C21H13ClN2O5.